The van der Waals surface area contributed by atoms with E-state index in [0.717, 1.165) is 17.8 Å². The number of likely N-dealkylation sites (tertiary alicyclic amines) is 1. The lowest BCUT2D eigenvalue weighted by molar-refractivity contribution is -0.138. The fourth-order valence-corrected chi connectivity index (χ4v) is 6.29. The number of ether oxygens (including phenoxy) is 1. The van der Waals surface area contributed by atoms with E-state index in [1.54, 1.807) is 50.1 Å². The van der Waals surface area contributed by atoms with Gasteiger partial charge in [0.25, 0.3) is 11.1 Å². The first-order valence-corrected chi connectivity index (χ1v) is 14.5. The summed E-state index contributed by atoms with van der Waals surface area (Å²) in [4.78, 5) is 42.3. The zero-order chi connectivity index (χ0) is 30.4. The summed E-state index contributed by atoms with van der Waals surface area (Å²) in [6, 6.07) is 8.19. The van der Waals surface area contributed by atoms with E-state index in [-0.39, 0.29) is 21.9 Å². The van der Waals surface area contributed by atoms with E-state index in [1.807, 2.05) is 0 Å². The van der Waals surface area contributed by atoms with Crippen molar-refractivity contribution in [2.75, 3.05) is 13.1 Å². The van der Waals surface area contributed by atoms with Gasteiger partial charge in [-0.25, -0.2) is 4.79 Å². The Bertz CT molecular complexity index is 1590. The Morgan fingerprint density at radius 1 is 1.12 bits per heavy atom. The Morgan fingerprint density at radius 2 is 1.83 bits per heavy atom. The number of hydrogen-bond donors (Lipinski definition) is 1. The number of nitrogens with zero attached hydrogens (tertiary/aromatic N) is 3. The molecule has 0 saturated carbocycles. The number of thioether (sulfide) groups is 1. The molecule has 1 aromatic heterocycles. The second-order valence-corrected chi connectivity index (χ2v) is 12.6. The summed E-state index contributed by atoms with van der Waals surface area (Å²) in [5.74, 6) is -0.564. The lowest BCUT2D eigenvalue weighted by Gasteiger charge is -2.36. The molecule has 222 valence electrons. The van der Waals surface area contributed by atoms with Crippen LogP contribution in [0.4, 0.5) is 22.8 Å². The zero-order valence-electron chi connectivity index (χ0n) is 23.0. The minimum Gasteiger partial charge on any atom is -0.444 e. The summed E-state index contributed by atoms with van der Waals surface area (Å²) in [6.07, 6.45) is -3.12. The van der Waals surface area contributed by atoms with Crippen molar-refractivity contribution in [1.82, 2.24) is 20.0 Å². The van der Waals surface area contributed by atoms with Gasteiger partial charge in [0.15, 0.2) is 0 Å². The summed E-state index contributed by atoms with van der Waals surface area (Å²) in [5.41, 5.74) is -0.139. The Balaban J connectivity index is 1.48. The largest absolute Gasteiger partial charge is 0.444 e. The highest BCUT2D eigenvalue weighted by atomic mass is 35.5. The molecule has 2 aromatic carbocycles. The molecule has 8 nitrogen and oxygen atoms in total. The standard InChI is InChI=1S/C29H28ClF3N4O4S/c1-28(2,3)41-26(39)36-10-8-20(9-11-36)37-25(38)24(42-27(37)40)21(16-5-7-23-18(12-16)15-34-35-23)13-17-4-6-19(30)14-22(17)29(31,32)33/h4-7,12,14-15,20H,8-11,13H2,1-3H3,(H,34,35)/b24-21-. The number of carbonyl (C=O) groups is 3. The number of carbonyl (C=O) groups excluding carboxylic acids is 3. The molecule has 0 radical (unpaired) electrons. The molecule has 2 saturated heterocycles. The average Bonchev–Trinajstić information content (AvgIpc) is 3.49. The van der Waals surface area contributed by atoms with Crippen LogP contribution in [0.25, 0.3) is 16.5 Å². The summed E-state index contributed by atoms with van der Waals surface area (Å²) >= 11 is 6.62. The van der Waals surface area contributed by atoms with Crippen LogP contribution >= 0.6 is 23.4 Å². The number of aromatic nitrogens is 2. The smallest absolute Gasteiger partial charge is 0.416 e. The maximum Gasteiger partial charge on any atom is 0.416 e. The van der Waals surface area contributed by atoms with Crippen molar-refractivity contribution in [3.05, 3.63) is 69.2 Å². The number of H-pyrrole nitrogens is 1. The molecule has 13 heteroatoms. The molecule has 0 spiro atoms. The predicted octanol–water partition coefficient (Wildman–Crippen LogP) is 7.28. The normalized spacial score (nSPS) is 18.3. The number of imide groups is 1. The highest BCUT2D eigenvalue weighted by molar-refractivity contribution is 8.18. The number of halogens is 4. The van der Waals surface area contributed by atoms with Crippen LogP contribution in [-0.4, -0.2) is 62.0 Å². The third-order valence-corrected chi connectivity index (χ3v) is 8.32. The molecule has 2 aliphatic heterocycles. The van der Waals surface area contributed by atoms with Gasteiger partial charge in [-0.3, -0.25) is 19.6 Å². The number of allylic oxidation sites excluding steroid dienone is 1. The van der Waals surface area contributed by atoms with Crippen LogP contribution in [0.15, 0.2) is 47.5 Å². The van der Waals surface area contributed by atoms with E-state index in [2.05, 4.69) is 10.2 Å². The number of nitrogens with one attached hydrogen (secondary N) is 1. The minimum atomic E-state index is -4.68. The first-order valence-electron chi connectivity index (χ1n) is 13.3. The van der Waals surface area contributed by atoms with Gasteiger partial charge in [0, 0.05) is 29.5 Å². The fraction of sp³-hybridized carbons (Fsp3) is 0.379. The number of hydrogen-bond acceptors (Lipinski definition) is 6. The number of rotatable bonds is 4. The Kier molecular flexibility index (Phi) is 8.06. The minimum absolute atomic E-state index is 0.0644. The van der Waals surface area contributed by atoms with Gasteiger partial charge in [-0.1, -0.05) is 23.7 Å². The highest BCUT2D eigenvalue weighted by Gasteiger charge is 2.43. The van der Waals surface area contributed by atoms with Gasteiger partial charge < -0.3 is 9.64 Å². The molecule has 0 unspecified atom stereocenters. The van der Waals surface area contributed by atoms with Crippen molar-refractivity contribution < 1.29 is 32.3 Å². The van der Waals surface area contributed by atoms with Gasteiger partial charge >= 0.3 is 12.3 Å². The second-order valence-electron chi connectivity index (χ2n) is 11.2. The highest BCUT2D eigenvalue weighted by Crippen LogP contribution is 2.43. The summed E-state index contributed by atoms with van der Waals surface area (Å²) in [6.45, 7) is 5.91. The molecular weight excluding hydrogens is 593 g/mol. The molecule has 0 aliphatic carbocycles. The summed E-state index contributed by atoms with van der Waals surface area (Å²) in [5, 5.41) is 6.97. The molecule has 3 heterocycles. The van der Waals surface area contributed by atoms with Crippen LogP contribution in [0, 0.1) is 0 Å². The molecule has 1 N–H and O–H groups in total. The number of piperidine rings is 1. The average molecular weight is 621 g/mol. The van der Waals surface area contributed by atoms with Gasteiger partial charge in [-0.2, -0.15) is 18.3 Å². The van der Waals surface area contributed by atoms with Crippen LogP contribution in [-0.2, 0) is 22.1 Å². The third kappa shape index (κ3) is 6.29. The van der Waals surface area contributed by atoms with E-state index in [9.17, 15) is 27.6 Å². The van der Waals surface area contributed by atoms with Gasteiger partial charge in [0.05, 0.1) is 22.2 Å². The molecule has 3 amide bonds. The third-order valence-electron chi connectivity index (χ3n) is 7.09. The maximum absolute atomic E-state index is 14.0. The van der Waals surface area contributed by atoms with Crippen molar-refractivity contribution in [1.29, 1.82) is 0 Å². The molecule has 2 aliphatic rings. The number of aromatic amines is 1. The molecule has 3 aromatic rings. The molecule has 0 atom stereocenters. The van der Waals surface area contributed by atoms with Crippen molar-refractivity contribution in [2.45, 2.75) is 57.9 Å². The van der Waals surface area contributed by atoms with E-state index in [4.69, 9.17) is 16.3 Å². The molecule has 42 heavy (non-hydrogen) atoms. The second kappa shape index (κ2) is 11.3. The number of amides is 3. The monoisotopic (exact) mass is 620 g/mol. The van der Waals surface area contributed by atoms with Gasteiger partial charge in [-0.05, 0) is 92.8 Å². The Hall–Kier alpha value is -3.51. The van der Waals surface area contributed by atoms with Gasteiger partial charge in [0.1, 0.15) is 5.60 Å². The van der Waals surface area contributed by atoms with Crippen molar-refractivity contribution in [2.24, 2.45) is 0 Å². The van der Waals surface area contributed by atoms with Crippen molar-refractivity contribution in [3.8, 4) is 0 Å². The van der Waals surface area contributed by atoms with Gasteiger partial charge in [0.2, 0.25) is 0 Å². The first kappa shape index (κ1) is 30.0. The van der Waals surface area contributed by atoms with Crippen LogP contribution in [0.3, 0.4) is 0 Å². The van der Waals surface area contributed by atoms with Crippen LogP contribution < -0.4 is 0 Å². The lowest BCUT2D eigenvalue weighted by atomic mass is 9.93. The molecule has 5 rings (SSSR count). The molecule has 0 bridgehead atoms. The SMILES string of the molecule is CC(C)(C)OC(=O)N1CCC(N2C(=O)S/C(=C(/Cc3ccc(Cl)cc3C(F)(F)F)c3ccc4[nH]ncc4c3)C2=O)CC1. The predicted molar refractivity (Wildman–Crippen MR) is 154 cm³/mol. The van der Waals surface area contributed by atoms with E-state index >= 15 is 0 Å². The molecular formula is C29H28ClF3N4O4S. The topological polar surface area (TPSA) is 95.6 Å². The molecule has 2 fully saturated rings. The maximum atomic E-state index is 14.0. The Morgan fingerprint density at radius 3 is 2.50 bits per heavy atom. The fourth-order valence-electron chi connectivity index (χ4n) is 5.11. The number of benzene rings is 2. The van der Waals surface area contributed by atoms with E-state index < -0.39 is 40.6 Å². The van der Waals surface area contributed by atoms with Crippen LogP contribution in [0.1, 0.15) is 50.3 Å². The quantitative estimate of drug-likeness (QED) is 0.308. The Labute approximate surface area is 249 Å². The zero-order valence-corrected chi connectivity index (χ0v) is 24.6. The summed E-state index contributed by atoms with van der Waals surface area (Å²) in [7, 11) is 0. The van der Waals surface area contributed by atoms with Gasteiger partial charge in [-0.15, -0.1) is 0 Å². The van der Waals surface area contributed by atoms with E-state index in [1.165, 1.54) is 17.0 Å². The van der Waals surface area contributed by atoms with Crippen LogP contribution in [0.5, 0.6) is 0 Å². The first-order chi connectivity index (χ1) is 19.7. The van der Waals surface area contributed by atoms with Crippen molar-refractivity contribution >= 4 is 57.1 Å². The number of fused-ring (bicyclic) bond motifs is 1. The van der Waals surface area contributed by atoms with Crippen molar-refractivity contribution in [3.63, 3.8) is 0 Å². The van der Waals surface area contributed by atoms with Crippen LogP contribution in [0.2, 0.25) is 5.02 Å². The summed E-state index contributed by atoms with van der Waals surface area (Å²) < 4.78 is 47.4. The number of alkyl halides is 3. The van der Waals surface area contributed by atoms with E-state index in [0.29, 0.717) is 48.0 Å². The lowest BCUT2D eigenvalue weighted by Crippen LogP contribution is -2.49.